The molecule has 0 unspecified atom stereocenters. The average Bonchev–Trinajstić information content (AvgIpc) is 3.02. The molecule has 248 valence electrons. The second-order valence-corrected chi connectivity index (χ2v) is 13.6. The topological polar surface area (TPSA) is 133 Å². The maximum absolute atomic E-state index is 11.4. The smallest absolute Gasteiger partial charge is 0.744 e. The third-order valence-electron chi connectivity index (χ3n) is 7.13. The number of benzene rings is 4. The zero-order valence-electron chi connectivity index (χ0n) is 27.1. The molecule has 0 saturated carbocycles. The fourth-order valence-corrected chi connectivity index (χ4v) is 5.89. The van der Waals surface area contributed by atoms with E-state index in [4.69, 9.17) is 9.47 Å². The van der Waals surface area contributed by atoms with Crippen LogP contribution in [0.25, 0.3) is 0 Å². The molecule has 0 aliphatic carbocycles. The van der Waals surface area contributed by atoms with E-state index in [0.717, 1.165) is 62.5 Å². The van der Waals surface area contributed by atoms with Gasteiger partial charge in [0.2, 0.25) is 0 Å². The molecule has 11 heteroatoms. The summed E-state index contributed by atoms with van der Waals surface area (Å²) in [6, 6.07) is 27.1. The van der Waals surface area contributed by atoms with E-state index in [1.165, 1.54) is 25.0 Å². The van der Waals surface area contributed by atoms with Crippen molar-refractivity contribution in [3.8, 4) is 23.0 Å². The molecule has 0 saturated heterocycles. The zero-order chi connectivity index (χ0) is 33.4. The van der Waals surface area contributed by atoms with Crippen LogP contribution in [-0.2, 0) is 33.1 Å². The van der Waals surface area contributed by atoms with Crippen molar-refractivity contribution < 1.29 is 35.4 Å². The molecule has 0 atom stereocenters. The van der Waals surface area contributed by atoms with Gasteiger partial charge in [-0.25, -0.2) is 16.8 Å². The van der Waals surface area contributed by atoms with Gasteiger partial charge in [0.25, 0.3) is 0 Å². The summed E-state index contributed by atoms with van der Waals surface area (Å²) in [4.78, 5) is -0.641. The SMILES string of the molecule is CCCCCCc1ccc(S(=O)(=O)[O-])c(Oc2ccccc2)c1.CCCCCCc1ccc(S(=O)(=O)[O-])c(Oc2ccccc2)c1.[Ca+2]. The average molecular weight is 707 g/mol. The van der Waals surface area contributed by atoms with E-state index >= 15 is 0 Å². The minimum absolute atomic E-state index is 0. The Morgan fingerprint density at radius 2 is 0.872 bits per heavy atom. The minimum atomic E-state index is -4.57. The number of hydrogen-bond donors (Lipinski definition) is 0. The van der Waals surface area contributed by atoms with E-state index in [1.807, 2.05) is 12.1 Å². The molecule has 0 spiro atoms. The number of hydrogen-bond acceptors (Lipinski definition) is 8. The van der Waals surface area contributed by atoms with E-state index in [2.05, 4.69) is 13.8 Å². The van der Waals surface area contributed by atoms with Crippen LogP contribution in [0.4, 0.5) is 0 Å². The van der Waals surface area contributed by atoms with Gasteiger partial charge in [-0.3, -0.25) is 0 Å². The van der Waals surface area contributed by atoms with Crippen molar-refractivity contribution in [2.24, 2.45) is 0 Å². The standard InChI is InChI=1S/2C18H22O4S.Ca/c2*1-2-3-4-6-9-15-12-13-18(23(19,20)21)17(14-15)22-16-10-7-5-8-11-16;/h2*5,7-8,10-14H,2-4,6,9H2,1H3,(H,19,20,21);/q;;+2/p-2. The molecule has 0 aliphatic heterocycles. The molecule has 0 fully saturated rings. The second kappa shape index (κ2) is 20.8. The van der Waals surface area contributed by atoms with Crippen molar-refractivity contribution in [1.29, 1.82) is 0 Å². The number of rotatable bonds is 16. The van der Waals surface area contributed by atoms with E-state index in [9.17, 15) is 25.9 Å². The van der Waals surface area contributed by atoms with Crippen LogP contribution in [0.3, 0.4) is 0 Å². The molecular formula is C36H42CaO8S2. The molecule has 47 heavy (non-hydrogen) atoms. The van der Waals surface area contributed by atoms with Gasteiger partial charge in [0, 0.05) is 0 Å². The third-order valence-corrected chi connectivity index (χ3v) is 8.89. The summed E-state index contributed by atoms with van der Waals surface area (Å²) < 4.78 is 79.8. The number of para-hydroxylation sites is 2. The Hall–Kier alpha value is -2.44. The van der Waals surface area contributed by atoms with E-state index in [-0.39, 0.29) is 59.0 Å². The Morgan fingerprint density at radius 1 is 0.511 bits per heavy atom. The molecule has 0 N–H and O–H groups in total. The Kier molecular flexibility index (Phi) is 18.0. The van der Waals surface area contributed by atoms with E-state index in [1.54, 1.807) is 72.8 Å². The van der Waals surface area contributed by atoms with Crippen LogP contribution in [0.5, 0.6) is 23.0 Å². The molecular weight excluding hydrogens is 665 g/mol. The molecule has 4 aromatic rings. The number of aryl methyl sites for hydroxylation is 2. The first kappa shape index (κ1) is 40.7. The molecule has 0 bridgehead atoms. The van der Waals surface area contributed by atoms with Gasteiger partial charge in [0.05, 0.1) is 9.79 Å². The maximum Gasteiger partial charge on any atom is 2.00 e. The molecule has 0 radical (unpaired) electrons. The van der Waals surface area contributed by atoms with Crippen molar-refractivity contribution in [3.05, 3.63) is 108 Å². The maximum atomic E-state index is 11.4. The molecule has 4 rings (SSSR count). The molecule has 0 amide bonds. The zero-order valence-corrected chi connectivity index (χ0v) is 30.9. The van der Waals surface area contributed by atoms with Crippen molar-refractivity contribution >= 4 is 58.0 Å². The van der Waals surface area contributed by atoms with Gasteiger partial charge >= 0.3 is 37.7 Å². The van der Waals surface area contributed by atoms with Gasteiger partial charge in [0.15, 0.2) is 0 Å². The van der Waals surface area contributed by atoms with Gasteiger partial charge in [0.1, 0.15) is 43.2 Å². The van der Waals surface area contributed by atoms with Crippen molar-refractivity contribution in [1.82, 2.24) is 0 Å². The Labute approximate surface area is 310 Å². The van der Waals surface area contributed by atoms with Crippen LogP contribution in [0.1, 0.15) is 76.3 Å². The quantitative estimate of drug-likeness (QED) is 0.0643. The van der Waals surface area contributed by atoms with Gasteiger partial charge in [-0.1, -0.05) is 101 Å². The van der Waals surface area contributed by atoms with E-state index in [0.29, 0.717) is 11.5 Å². The normalized spacial score (nSPS) is 11.1. The number of ether oxygens (including phenoxy) is 2. The molecule has 0 heterocycles. The van der Waals surface area contributed by atoms with Crippen molar-refractivity contribution in [3.63, 3.8) is 0 Å². The van der Waals surface area contributed by atoms with Gasteiger partial charge in [-0.15, -0.1) is 0 Å². The summed E-state index contributed by atoms with van der Waals surface area (Å²) in [7, 11) is -9.15. The summed E-state index contributed by atoms with van der Waals surface area (Å²) in [5.41, 5.74) is 1.94. The molecule has 4 aromatic carbocycles. The fraction of sp³-hybridized carbons (Fsp3) is 0.333. The molecule has 8 nitrogen and oxygen atoms in total. The number of unbranched alkanes of at least 4 members (excludes halogenated alkanes) is 6. The van der Waals surface area contributed by atoms with Crippen LogP contribution in [-0.4, -0.2) is 63.7 Å². The second-order valence-electron chi connectivity index (χ2n) is 10.9. The molecule has 0 aliphatic rings. The Morgan fingerprint density at radius 3 is 1.19 bits per heavy atom. The van der Waals surface area contributed by atoms with Crippen LogP contribution < -0.4 is 9.47 Å². The van der Waals surface area contributed by atoms with Crippen molar-refractivity contribution in [2.75, 3.05) is 0 Å². The fourth-order valence-electron chi connectivity index (χ4n) is 4.73. The summed E-state index contributed by atoms with van der Waals surface area (Å²) in [5, 5.41) is 0. The summed E-state index contributed by atoms with van der Waals surface area (Å²) >= 11 is 0. The first-order valence-corrected chi connectivity index (χ1v) is 18.5. The third kappa shape index (κ3) is 14.7. The van der Waals surface area contributed by atoms with Crippen LogP contribution >= 0.6 is 0 Å². The minimum Gasteiger partial charge on any atom is -0.744 e. The summed E-state index contributed by atoms with van der Waals surface area (Å²) in [6.07, 6.45) is 10.7. The van der Waals surface area contributed by atoms with Crippen molar-refractivity contribution in [2.45, 2.75) is 87.8 Å². The predicted molar refractivity (Wildman–Crippen MR) is 183 cm³/mol. The van der Waals surface area contributed by atoms with Gasteiger partial charge < -0.3 is 18.6 Å². The predicted octanol–water partition coefficient (Wildman–Crippen LogP) is 8.63. The summed E-state index contributed by atoms with van der Waals surface area (Å²) in [5.74, 6) is 1.19. The summed E-state index contributed by atoms with van der Waals surface area (Å²) in [6.45, 7) is 4.30. The first-order chi connectivity index (χ1) is 22.0. The monoisotopic (exact) mass is 706 g/mol. The Bertz CT molecular complexity index is 1580. The Balaban J connectivity index is 0.000000320. The van der Waals surface area contributed by atoms with Crippen LogP contribution in [0.15, 0.2) is 107 Å². The van der Waals surface area contributed by atoms with Crippen LogP contribution in [0.2, 0.25) is 0 Å². The molecule has 0 aromatic heterocycles. The van der Waals surface area contributed by atoms with E-state index < -0.39 is 20.2 Å². The van der Waals surface area contributed by atoms with Gasteiger partial charge in [-0.2, -0.15) is 0 Å². The largest absolute Gasteiger partial charge is 2.00 e. The van der Waals surface area contributed by atoms with Crippen LogP contribution in [0, 0.1) is 0 Å². The van der Waals surface area contributed by atoms with Gasteiger partial charge in [-0.05, 0) is 85.3 Å². The first-order valence-electron chi connectivity index (χ1n) is 15.6.